The van der Waals surface area contributed by atoms with Crippen molar-refractivity contribution in [2.45, 2.75) is 26.7 Å². The summed E-state index contributed by atoms with van der Waals surface area (Å²) in [5.74, 6) is 0.280. The quantitative estimate of drug-likeness (QED) is 0.788. The molecule has 3 N–H and O–H groups in total. The second-order valence-electron chi connectivity index (χ2n) is 4.54. The average Bonchev–Trinajstić information content (AvgIpc) is 2.37. The van der Waals surface area contributed by atoms with Crippen LogP contribution in [0.1, 0.15) is 25.0 Å². The molecule has 0 fully saturated rings. The topological polar surface area (TPSA) is 60.7 Å². The van der Waals surface area contributed by atoms with Crippen molar-refractivity contribution in [3.05, 3.63) is 41.5 Å². The SMILES string of the molecule is CCc1ccc(O)c(CC)c1-c1cc(O)cc(O)c1. The van der Waals surface area contributed by atoms with E-state index in [4.69, 9.17) is 0 Å². The normalized spacial score (nSPS) is 10.6. The van der Waals surface area contributed by atoms with Crippen molar-refractivity contribution < 1.29 is 15.3 Å². The summed E-state index contributed by atoms with van der Waals surface area (Å²) in [7, 11) is 0. The van der Waals surface area contributed by atoms with Gasteiger partial charge in [-0.25, -0.2) is 0 Å². The van der Waals surface area contributed by atoms with Gasteiger partial charge in [0.15, 0.2) is 0 Å². The van der Waals surface area contributed by atoms with Gasteiger partial charge in [0, 0.05) is 11.6 Å². The van der Waals surface area contributed by atoms with Crippen LogP contribution in [0.5, 0.6) is 17.2 Å². The van der Waals surface area contributed by atoms with Crippen molar-refractivity contribution in [1.82, 2.24) is 0 Å². The summed E-state index contributed by atoms with van der Waals surface area (Å²) < 4.78 is 0. The van der Waals surface area contributed by atoms with Gasteiger partial charge in [0.2, 0.25) is 0 Å². The van der Waals surface area contributed by atoms with Gasteiger partial charge in [-0.2, -0.15) is 0 Å². The Morgan fingerprint density at radius 2 is 1.47 bits per heavy atom. The van der Waals surface area contributed by atoms with E-state index < -0.39 is 0 Å². The van der Waals surface area contributed by atoms with Crippen molar-refractivity contribution in [1.29, 1.82) is 0 Å². The average molecular weight is 258 g/mol. The van der Waals surface area contributed by atoms with Crippen LogP contribution < -0.4 is 0 Å². The highest BCUT2D eigenvalue weighted by Gasteiger charge is 2.14. The summed E-state index contributed by atoms with van der Waals surface area (Å²) in [5.41, 5.74) is 3.54. The fourth-order valence-electron chi connectivity index (χ4n) is 2.44. The number of rotatable bonds is 3. The molecule has 0 saturated heterocycles. The second kappa shape index (κ2) is 5.22. The Morgan fingerprint density at radius 1 is 0.842 bits per heavy atom. The molecule has 0 bridgehead atoms. The second-order valence-corrected chi connectivity index (χ2v) is 4.54. The van der Waals surface area contributed by atoms with E-state index in [1.54, 1.807) is 18.2 Å². The molecule has 0 heterocycles. The van der Waals surface area contributed by atoms with Crippen LogP contribution in [0.4, 0.5) is 0 Å². The number of aryl methyl sites for hydroxylation is 1. The lowest BCUT2D eigenvalue weighted by Gasteiger charge is -2.15. The number of phenolic OH excluding ortho intramolecular Hbond substituents is 3. The molecule has 0 aliphatic rings. The maximum Gasteiger partial charge on any atom is 0.119 e. The molecule has 19 heavy (non-hydrogen) atoms. The Balaban J connectivity index is 2.75. The van der Waals surface area contributed by atoms with E-state index in [9.17, 15) is 15.3 Å². The zero-order valence-corrected chi connectivity index (χ0v) is 11.1. The van der Waals surface area contributed by atoms with E-state index in [0.29, 0.717) is 6.42 Å². The van der Waals surface area contributed by atoms with E-state index >= 15 is 0 Å². The van der Waals surface area contributed by atoms with Crippen LogP contribution in [0, 0.1) is 0 Å². The smallest absolute Gasteiger partial charge is 0.119 e. The van der Waals surface area contributed by atoms with Crippen LogP contribution in [0.2, 0.25) is 0 Å². The molecular formula is C16H18O3. The van der Waals surface area contributed by atoms with Crippen LogP contribution in [-0.4, -0.2) is 15.3 Å². The Bertz CT molecular complexity index is 583. The van der Waals surface area contributed by atoms with E-state index in [2.05, 4.69) is 0 Å². The summed E-state index contributed by atoms with van der Waals surface area (Å²) >= 11 is 0. The molecule has 0 spiro atoms. The summed E-state index contributed by atoms with van der Waals surface area (Å²) in [6.07, 6.45) is 1.50. The standard InChI is InChI=1S/C16H18O3/c1-3-10-5-6-15(19)14(4-2)16(10)11-7-12(17)9-13(18)8-11/h5-9,17-19H,3-4H2,1-2H3. The van der Waals surface area contributed by atoms with E-state index in [0.717, 1.165) is 28.7 Å². The fourth-order valence-corrected chi connectivity index (χ4v) is 2.44. The lowest BCUT2D eigenvalue weighted by Crippen LogP contribution is -1.95. The zero-order chi connectivity index (χ0) is 14.0. The molecule has 0 amide bonds. The molecule has 0 atom stereocenters. The number of aromatic hydroxyl groups is 3. The van der Waals surface area contributed by atoms with Crippen LogP contribution in [0.25, 0.3) is 11.1 Å². The maximum atomic E-state index is 9.99. The first-order valence-electron chi connectivity index (χ1n) is 6.43. The summed E-state index contributed by atoms with van der Waals surface area (Å²) in [6, 6.07) is 8.08. The Hall–Kier alpha value is -2.16. The molecule has 0 aliphatic carbocycles. The zero-order valence-electron chi connectivity index (χ0n) is 11.1. The lowest BCUT2D eigenvalue weighted by atomic mass is 9.91. The molecule has 100 valence electrons. The molecule has 2 rings (SSSR count). The largest absolute Gasteiger partial charge is 0.508 e. The Kier molecular flexibility index (Phi) is 3.65. The predicted octanol–water partition coefficient (Wildman–Crippen LogP) is 3.60. The Morgan fingerprint density at radius 3 is 2.00 bits per heavy atom. The predicted molar refractivity (Wildman–Crippen MR) is 75.6 cm³/mol. The maximum absolute atomic E-state index is 9.99. The molecule has 3 heteroatoms. The molecule has 0 aromatic heterocycles. The van der Waals surface area contributed by atoms with Gasteiger partial charge in [0.05, 0.1) is 0 Å². The lowest BCUT2D eigenvalue weighted by molar-refractivity contribution is 0.451. The molecular weight excluding hydrogens is 240 g/mol. The van der Waals surface area contributed by atoms with E-state index in [-0.39, 0.29) is 17.2 Å². The third-order valence-corrected chi connectivity index (χ3v) is 3.30. The molecule has 0 radical (unpaired) electrons. The highest BCUT2D eigenvalue weighted by atomic mass is 16.3. The van der Waals surface area contributed by atoms with E-state index in [1.807, 2.05) is 19.9 Å². The number of benzene rings is 2. The van der Waals surface area contributed by atoms with Crippen molar-refractivity contribution >= 4 is 0 Å². The number of hydrogen-bond donors (Lipinski definition) is 3. The first-order chi connectivity index (χ1) is 9.06. The first kappa shape index (κ1) is 13.3. The van der Waals surface area contributed by atoms with Gasteiger partial charge in [-0.05, 0) is 47.7 Å². The minimum Gasteiger partial charge on any atom is -0.508 e. The van der Waals surface area contributed by atoms with E-state index in [1.165, 1.54) is 6.07 Å². The first-order valence-corrected chi connectivity index (χ1v) is 6.43. The van der Waals surface area contributed by atoms with Crippen molar-refractivity contribution in [2.75, 3.05) is 0 Å². The van der Waals surface area contributed by atoms with Gasteiger partial charge in [-0.15, -0.1) is 0 Å². The van der Waals surface area contributed by atoms with Crippen molar-refractivity contribution in [2.24, 2.45) is 0 Å². The molecule has 2 aromatic carbocycles. The molecule has 0 aliphatic heterocycles. The Labute approximate surface area is 112 Å². The van der Waals surface area contributed by atoms with Crippen LogP contribution >= 0.6 is 0 Å². The van der Waals surface area contributed by atoms with Crippen LogP contribution in [0.15, 0.2) is 30.3 Å². The minimum atomic E-state index is 0.0162. The van der Waals surface area contributed by atoms with Crippen molar-refractivity contribution in [3.63, 3.8) is 0 Å². The third-order valence-electron chi connectivity index (χ3n) is 3.30. The van der Waals surface area contributed by atoms with Crippen molar-refractivity contribution in [3.8, 4) is 28.4 Å². The van der Waals surface area contributed by atoms with Gasteiger partial charge in [-0.1, -0.05) is 19.9 Å². The van der Waals surface area contributed by atoms with Gasteiger partial charge in [0.25, 0.3) is 0 Å². The van der Waals surface area contributed by atoms with Gasteiger partial charge < -0.3 is 15.3 Å². The van der Waals surface area contributed by atoms with Gasteiger partial charge >= 0.3 is 0 Å². The molecule has 0 unspecified atom stereocenters. The fraction of sp³-hybridized carbons (Fsp3) is 0.250. The van der Waals surface area contributed by atoms with Crippen LogP contribution in [0.3, 0.4) is 0 Å². The number of hydrogen-bond acceptors (Lipinski definition) is 3. The monoisotopic (exact) mass is 258 g/mol. The minimum absolute atomic E-state index is 0.0162. The summed E-state index contributed by atoms with van der Waals surface area (Å²) in [5, 5.41) is 29.2. The molecule has 3 nitrogen and oxygen atoms in total. The van der Waals surface area contributed by atoms with Crippen LogP contribution in [-0.2, 0) is 12.8 Å². The van der Waals surface area contributed by atoms with Gasteiger partial charge in [0.1, 0.15) is 17.2 Å². The third kappa shape index (κ3) is 2.50. The molecule has 2 aromatic rings. The number of phenols is 3. The summed E-state index contributed by atoms with van der Waals surface area (Å²) in [4.78, 5) is 0. The highest BCUT2D eigenvalue weighted by molar-refractivity contribution is 5.75. The summed E-state index contributed by atoms with van der Waals surface area (Å²) in [6.45, 7) is 4.01. The molecule has 0 saturated carbocycles. The highest BCUT2D eigenvalue weighted by Crippen LogP contribution is 2.37. The van der Waals surface area contributed by atoms with Gasteiger partial charge in [-0.3, -0.25) is 0 Å².